The van der Waals surface area contributed by atoms with E-state index in [-0.39, 0.29) is 23.4 Å². The number of hydrogen-bond acceptors (Lipinski definition) is 5. The molecule has 1 aliphatic carbocycles. The molecule has 0 bridgehead atoms. The molecule has 1 N–H and O–H groups in total. The summed E-state index contributed by atoms with van der Waals surface area (Å²) in [5, 5.41) is 3.08. The van der Waals surface area contributed by atoms with Crippen molar-refractivity contribution >= 4 is 43.5 Å². The molecule has 4 rings (SSSR count). The number of halogens is 2. The van der Waals surface area contributed by atoms with Gasteiger partial charge in [0.25, 0.3) is 10.0 Å². The molecule has 3 aromatic carbocycles. The lowest BCUT2D eigenvalue weighted by atomic mass is 10.1. The quantitative estimate of drug-likeness (QED) is 0.256. The van der Waals surface area contributed by atoms with Gasteiger partial charge in [0.1, 0.15) is 24.2 Å². The molecule has 0 saturated heterocycles. The highest BCUT2D eigenvalue weighted by Crippen LogP contribution is 2.31. The number of benzene rings is 3. The van der Waals surface area contributed by atoms with Crippen molar-refractivity contribution in [2.75, 3.05) is 18.0 Å². The number of nitrogens with one attached hydrogen (secondary N) is 1. The third-order valence-electron chi connectivity index (χ3n) is 7.67. The van der Waals surface area contributed by atoms with Gasteiger partial charge in [0.05, 0.1) is 22.2 Å². The van der Waals surface area contributed by atoms with Crippen LogP contribution in [0.2, 0.25) is 0 Å². The number of methoxy groups -OCH3 is 1. The number of hydrogen-bond donors (Lipinski definition) is 1. The summed E-state index contributed by atoms with van der Waals surface area (Å²) in [5.74, 6) is -0.806. The second kappa shape index (κ2) is 14.4. The molecule has 1 saturated carbocycles. The van der Waals surface area contributed by atoms with Crippen LogP contribution >= 0.6 is 15.9 Å². The molecule has 1 atom stereocenters. The van der Waals surface area contributed by atoms with Crippen molar-refractivity contribution in [2.24, 2.45) is 0 Å². The van der Waals surface area contributed by atoms with Crippen molar-refractivity contribution in [3.05, 3.63) is 88.1 Å². The van der Waals surface area contributed by atoms with Crippen LogP contribution in [0.4, 0.5) is 10.1 Å². The predicted octanol–water partition coefficient (Wildman–Crippen LogP) is 5.97. The number of ether oxygens (including phenoxy) is 1. The van der Waals surface area contributed by atoms with Crippen LogP contribution < -0.4 is 14.4 Å². The lowest BCUT2D eigenvalue weighted by molar-refractivity contribution is -0.140. The molecule has 3 aromatic rings. The zero-order valence-electron chi connectivity index (χ0n) is 24.6. The molecule has 1 aliphatic rings. The molecular formula is C32H37BrFN3O5S. The second-order valence-corrected chi connectivity index (χ2v) is 13.4. The molecule has 1 fully saturated rings. The molecule has 2 amide bonds. The number of nitrogens with zero attached hydrogens (tertiary/aromatic N) is 2. The Kier molecular flexibility index (Phi) is 10.8. The predicted molar refractivity (Wildman–Crippen MR) is 168 cm³/mol. The lowest BCUT2D eigenvalue weighted by Gasteiger charge is -2.33. The number of amides is 2. The first kappa shape index (κ1) is 32.5. The molecular weight excluding hydrogens is 637 g/mol. The van der Waals surface area contributed by atoms with Gasteiger partial charge in [0.15, 0.2) is 0 Å². The fourth-order valence-corrected chi connectivity index (χ4v) is 7.38. The van der Waals surface area contributed by atoms with E-state index >= 15 is 0 Å². The van der Waals surface area contributed by atoms with Gasteiger partial charge in [-0.3, -0.25) is 13.9 Å². The Morgan fingerprint density at radius 3 is 2.28 bits per heavy atom. The van der Waals surface area contributed by atoms with Crippen molar-refractivity contribution in [3.63, 3.8) is 0 Å². The van der Waals surface area contributed by atoms with Crippen LogP contribution in [0, 0.1) is 12.7 Å². The zero-order chi connectivity index (χ0) is 31.1. The average molecular weight is 675 g/mol. The van der Waals surface area contributed by atoms with E-state index in [9.17, 15) is 22.4 Å². The van der Waals surface area contributed by atoms with Gasteiger partial charge in [-0.1, -0.05) is 49.6 Å². The second-order valence-electron chi connectivity index (χ2n) is 10.7. The van der Waals surface area contributed by atoms with Crippen LogP contribution in [0.3, 0.4) is 0 Å². The fourth-order valence-electron chi connectivity index (χ4n) is 5.25. The Hall–Kier alpha value is -3.44. The third-order valence-corrected chi connectivity index (χ3v) is 10.1. The summed E-state index contributed by atoms with van der Waals surface area (Å²) in [7, 11) is -2.76. The maximum absolute atomic E-state index is 14.2. The number of sulfonamides is 1. The van der Waals surface area contributed by atoms with Gasteiger partial charge in [-0.15, -0.1) is 0 Å². The Bertz CT molecular complexity index is 1530. The van der Waals surface area contributed by atoms with Gasteiger partial charge in [-0.2, -0.15) is 0 Å². The van der Waals surface area contributed by atoms with Gasteiger partial charge in [-0.05, 0) is 90.1 Å². The Balaban J connectivity index is 1.72. The number of carbonyl (C=O) groups is 2. The first-order valence-electron chi connectivity index (χ1n) is 14.3. The molecule has 0 spiro atoms. The van der Waals surface area contributed by atoms with E-state index in [0.29, 0.717) is 27.9 Å². The summed E-state index contributed by atoms with van der Waals surface area (Å²) in [5.41, 5.74) is 1.84. The first-order valence-corrected chi connectivity index (χ1v) is 16.5. The minimum Gasteiger partial charge on any atom is -0.496 e. The SMILES string of the molecule is CC[C@H](C(=O)NC1CCCC1)N(Cc1ccc(F)cc1)C(=O)CN(c1ccc(C)cc1)S(=O)(=O)c1ccc(OC)c(Br)c1. The maximum Gasteiger partial charge on any atom is 0.264 e. The summed E-state index contributed by atoms with van der Waals surface area (Å²) in [6, 6.07) is 16.1. The van der Waals surface area contributed by atoms with E-state index in [1.165, 1.54) is 42.3 Å². The molecule has 0 heterocycles. The molecule has 0 radical (unpaired) electrons. The summed E-state index contributed by atoms with van der Waals surface area (Å²) < 4.78 is 48.7. The van der Waals surface area contributed by atoms with Crippen LogP contribution in [0.15, 0.2) is 76.1 Å². The van der Waals surface area contributed by atoms with Gasteiger partial charge < -0.3 is 15.0 Å². The van der Waals surface area contributed by atoms with Crippen molar-refractivity contribution in [3.8, 4) is 5.75 Å². The van der Waals surface area contributed by atoms with Gasteiger partial charge in [0.2, 0.25) is 11.8 Å². The van der Waals surface area contributed by atoms with Crippen LogP contribution in [0.1, 0.15) is 50.2 Å². The minimum atomic E-state index is -4.24. The largest absolute Gasteiger partial charge is 0.496 e. The van der Waals surface area contributed by atoms with Crippen LogP contribution in [0.5, 0.6) is 5.75 Å². The third kappa shape index (κ3) is 7.94. The highest BCUT2D eigenvalue weighted by atomic mass is 79.9. The maximum atomic E-state index is 14.2. The molecule has 0 aromatic heterocycles. The smallest absolute Gasteiger partial charge is 0.264 e. The standard InChI is InChI=1S/C32H37BrFN3O5S/c1-4-29(32(39)35-25-7-5-6-8-25)36(20-23-11-13-24(34)14-12-23)31(38)21-37(26-15-9-22(2)10-16-26)43(40,41)27-17-18-30(42-3)28(33)19-27/h9-19,25,29H,4-8,20-21H2,1-3H3,(H,35,39)/t29-/m1/s1. The van der Waals surface area contributed by atoms with Crippen LogP contribution in [-0.2, 0) is 26.2 Å². The van der Waals surface area contributed by atoms with E-state index in [4.69, 9.17) is 4.74 Å². The summed E-state index contributed by atoms with van der Waals surface area (Å²) in [6.07, 6.45) is 4.14. The molecule has 0 unspecified atom stereocenters. The number of rotatable bonds is 12. The summed E-state index contributed by atoms with van der Waals surface area (Å²) in [6.45, 7) is 3.15. The van der Waals surface area contributed by atoms with Crippen molar-refractivity contribution < 1.29 is 27.1 Å². The highest BCUT2D eigenvalue weighted by molar-refractivity contribution is 9.10. The van der Waals surface area contributed by atoms with Crippen LogP contribution in [-0.4, -0.2) is 50.9 Å². The average Bonchev–Trinajstić information content (AvgIpc) is 3.50. The van der Waals surface area contributed by atoms with E-state index < -0.39 is 34.3 Å². The van der Waals surface area contributed by atoms with Gasteiger partial charge >= 0.3 is 0 Å². The fraction of sp³-hybridized carbons (Fsp3) is 0.375. The Labute approximate surface area is 261 Å². The van der Waals surface area contributed by atoms with Crippen LogP contribution in [0.25, 0.3) is 0 Å². The molecule has 8 nitrogen and oxygen atoms in total. The first-order chi connectivity index (χ1) is 20.5. The molecule has 0 aliphatic heterocycles. The molecule has 230 valence electrons. The van der Waals surface area contributed by atoms with E-state index in [1.807, 2.05) is 13.8 Å². The Morgan fingerprint density at radius 1 is 1.05 bits per heavy atom. The number of carbonyl (C=O) groups excluding carboxylic acids is 2. The summed E-state index contributed by atoms with van der Waals surface area (Å²) in [4.78, 5) is 29.1. The highest BCUT2D eigenvalue weighted by Gasteiger charge is 2.34. The number of aryl methyl sites for hydroxylation is 1. The van der Waals surface area contributed by atoms with E-state index in [0.717, 1.165) is 35.6 Å². The molecule has 43 heavy (non-hydrogen) atoms. The van der Waals surface area contributed by atoms with Crippen molar-refractivity contribution in [2.45, 2.75) is 69.5 Å². The van der Waals surface area contributed by atoms with Gasteiger partial charge in [0, 0.05) is 12.6 Å². The zero-order valence-corrected chi connectivity index (χ0v) is 27.0. The number of anilines is 1. The van der Waals surface area contributed by atoms with E-state index in [1.54, 1.807) is 36.4 Å². The lowest BCUT2D eigenvalue weighted by Crippen LogP contribution is -2.53. The Morgan fingerprint density at radius 2 is 1.70 bits per heavy atom. The monoisotopic (exact) mass is 673 g/mol. The topological polar surface area (TPSA) is 96.0 Å². The summed E-state index contributed by atoms with van der Waals surface area (Å²) >= 11 is 3.36. The molecule has 11 heteroatoms. The van der Waals surface area contributed by atoms with E-state index in [2.05, 4.69) is 21.2 Å². The minimum absolute atomic E-state index is 0.00553. The van der Waals surface area contributed by atoms with Crippen molar-refractivity contribution in [1.82, 2.24) is 10.2 Å². The normalized spacial score (nSPS) is 14.3. The van der Waals surface area contributed by atoms with Crippen molar-refractivity contribution in [1.29, 1.82) is 0 Å². The van der Waals surface area contributed by atoms with Gasteiger partial charge in [-0.25, -0.2) is 12.8 Å².